The number of nitrogens with zero attached hydrogens (tertiary/aromatic N) is 1. The summed E-state index contributed by atoms with van der Waals surface area (Å²) in [6.07, 6.45) is 0. The number of carbonyl (C=O) groups excluding carboxylic acids is 1. The number of ether oxygens (including phenoxy) is 3. The molecule has 0 spiro atoms. The van der Waals surface area contributed by atoms with Gasteiger partial charge in [-0.15, -0.1) is 0 Å². The van der Waals surface area contributed by atoms with Gasteiger partial charge in [0.25, 0.3) is 0 Å². The van der Waals surface area contributed by atoms with E-state index in [-0.39, 0.29) is 18.0 Å². The van der Waals surface area contributed by atoms with Crippen LogP contribution in [0.2, 0.25) is 0 Å². The molecule has 4 rings (SSSR count). The van der Waals surface area contributed by atoms with Gasteiger partial charge in [0.1, 0.15) is 13.2 Å². The van der Waals surface area contributed by atoms with Gasteiger partial charge in [-0.3, -0.25) is 0 Å². The fraction of sp³-hybridized carbons (Fsp3) is 0.269. The maximum absolute atomic E-state index is 13.7. The van der Waals surface area contributed by atoms with Gasteiger partial charge in [-0.25, -0.2) is 13.2 Å². The van der Waals surface area contributed by atoms with Crippen LogP contribution in [0.4, 0.5) is 0 Å². The molecular weight excluding hydrogens is 454 g/mol. The lowest BCUT2D eigenvalue weighted by atomic mass is 10.1. The minimum atomic E-state index is -3.87. The zero-order chi connectivity index (χ0) is 24.1. The van der Waals surface area contributed by atoms with Gasteiger partial charge in [0, 0.05) is 19.2 Å². The highest BCUT2D eigenvalue weighted by Crippen LogP contribution is 2.34. The molecule has 7 nitrogen and oxygen atoms in total. The van der Waals surface area contributed by atoms with Crippen molar-refractivity contribution in [2.24, 2.45) is 0 Å². The van der Waals surface area contributed by atoms with E-state index in [0.717, 1.165) is 16.7 Å². The van der Waals surface area contributed by atoms with E-state index in [1.54, 1.807) is 37.3 Å². The summed E-state index contributed by atoms with van der Waals surface area (Å²) in [4.78, 5) is 12.1. The molecule has 1 aliphatic heterocycles. The number of carbonyl (C=O) groups is 1. The number of sulfonamides is 1. The van der Waals surface area contributed by atoms with Gasteiger partial charge in [0.2, 0.25) is 10.0 Å². The summed E-state index contributed by atoms with van der Waals surface area (Å²) in [5.74, 6) is 0.542. The van der Waals surface area contributed by atoms with Gasteiger partial charge >= 0.3 is 5.97 Å². The minimum absolute atomic E-state index is 0.131. The molecule has 1 aliphatic rings. The van der Waals surface area contributed by atoms with Crippen molar-refractivity contribution in [3.63, 3.8) is 0 Å². The molecule has 0 amide bonds. The molecule has 34 heavy (non-hydrogen) atoms. The average Bonchev–Trinajstić information content (AvgIpc) is 2.85. The van der Waals surface area contributed by atoms with Crippen molar-refractivity contribution in [1.29, 1.82) is 0 Å². The molecule has 0 fully saturated rings. The summed E-state index contributed by atoms with van der Waals surface area (Å²) in [6, 6.07) is 19.2. The lowest BCUT2D eigenvalue weighted by Gasteiger charge is -2.24. The van der Waals surface area contributed by atoms with E-state index in [0.29, 0.717) is 36.9 Å². The van der Waals surface area contributed by atoms with Crippen LogP contribution in [0.5, 0.6) is 11.5 Å². The van der Waals surface area contributed by atoms with Gasteiger partial charge in [-0.05, 0) is 49.2 Å². The van der Waals surface area contributed by atoms with Crippen LogP contribution in [0.3, 0.4) is 0 Å². The Balaban J connectivity index is 1.64. The van der Waals surface area contributed by atoms with Gasteiger partial charge < -0.3 is 14.2 Å². The first-order valence-corrected chi connectivity index (χ1v) is 12.5. The molecule has 0 radical (unpaired) electrons. The first kappa shape index (κ1) is 23.8. The Morgan fingerprint density at radius 2 is 1.47 bits per heavy atom. The van der Waals surface area contributed by atoms with Crippen LogP contribution in [-0.4, -0.2) is 38.5 Å². The predicted octanol–water partition coefficient (Wildman–Crippen LogP) is 4.33. The maximum Gasteiger partial charge on any atom is 0.338 e. The largest absolute Gasteiger partial charge is 0.486 e. The fourth-order valence-corrected chi connectivity index (χ4v) is 5.05. The number of hydrogen-bond acceptors (Lipinski definition) is 6. The second-order valence-corrected chi connectivity index (χ2v) is 9.92. The monoisotopic (exact) mass is 481 g/mol. The summed E-state index contributed by atoms with van der Waals surface area (Å²) in [5, 5.41) is 0. The van der Waals surface area contributed by atoms with Gasteiger partial charge in [0.05, 0.1) is 17.1 Å². The smallest absolute Gasteiger partial charge is 0.338 e. The quantitative estimate of drug-likeness (QED) is 0.446. The van der Waals surface area contributed by atoms with Crippen molar-refractivity contribution in [3.8, 4) is 11.5 Å². The van der Waals surface area contributed by atoms with Crippen LogP contribution in [0.1, 0.15) is 34.0 Å². The lowest BCUT2D eigenvalue weighted by molar-refractivity contribution is 0.0526. The molecule has 0 aliphatic carbocycles. The molecule has 0 bridgehead atoms. The van der Waals surface area contributed by atoms with Crippen molar-refractivity contribution in [3.05, 3.63) is 89.0 Å². The molecule has 0 saturated carbocycles. The van der Waals surface area contributed by atoms with Crippen molar-refractivity contribution < 1.29 is 27.4 Å². The Morgan fingerprint density at radius 1 is 0.882 bits per heavy atom. The summed E-state index contributed by atoms with van der Waals surface area (Å²) >= 11 is 0. The van der Waals surface area contributed by atoms with E-state index in [9.17, 15) is 13.2 Å². The van der Waals surface area contributed by atoms with Crippen molar-refractivity contribution in [2.75, 3.05) is 19.8 Å². The molecule has 0 unspecified atom stereocenters. The fourth-order valence-electron chi connectivity index (χ4n) is 3.62. The predicted molar refractivity (Wildman–Crippen MR) is 127 cm³/mol. The molecule has 8 heteroatoms. The van der Waals surface area contributed by atoms with Crippen LogP contribution >= 0.6 is 0 Å². The Labute approximate surface area is 199 Å². The average molecular weight is 482 g/mol. The zero-order valence-corrected chi connectivity index (χ0v) is 20.0. The highest BCUT2D eigenvalue weighted by atomic mass is 32.2. The number of fused-ring (bicyclic) bond motifs is 1. The van der Waals surface area contributed by atoms with E-state index >= 15 is 0 Å². The van der Waals surface area contributed by atoms with E-state index in [2.05, 4.69) is 0 Å². The molecule has 1 heterocycles. The Morgan fingerprint density at radius 3 is 2.09 bits per heavy atom. The molecule has 0 aromatic heterocycles. The summed E-state index contributed by atoms with van der Waals surface area (Å²) in [5.41, 5.74) is 3.14. The topological polar surface area (TPSA) is 82.1 Å². The molecule has 178 valence electrons. The van der Waals surface area contributed by atoms with Crippen LogP contribution in [0.25, 0.3) is 0 Å². The molecule has 0 atom stereocenters. The van der Waals surface area contributed by atoms with Crippen LogP contribution in [0, 0.1) is 6.92 Å². The number of rotatable bonds is 8. The van der Waals surface area contributed by atoms with Crippen LogP contribution in [-0.2, 0) is 27.8 Å². The lowest BCUT2D eigenvalue weighted by Crippen LogP contribution is -2.30. The SMILES string of the molecule is CCOC(=O)c1ccc(CN(Cc2ccc(C)cc2)S(=O)(=O)c2ccc3c(c2)OCCO3)cc1. The van der Waals surface area contributed by atoms with E-state index in [4.69, 9.17) is 14.2 Å². The summed E-state index contributed by atoms with van der Waals surface area (Å²) in [7, 11) is -3.87. The normalized spacial score (nSPS) is 13.0. The third kappa shape index (κ3) is 5.40. The van der Waals surface area contributed by atoms with E-state index in [1.165, 1.54) is 16.4 Å². The summed E-state index contributed by atoms with van der Waals surface area (Å²) < 4.78 is 45.0. The number of aryl methyl sites for hydroxylation is 1. The Hall–Kier alpha value is -3.36. The molecular formula is C26H27NO6S. The molecule has 0 N–H and O–H groups in total. The Kier molecular flexibility index (Phi) is 7.19. The molecule has 3 aromatic rings. The Bertz CT molecular complexity index is 1250. The zero-order valence-electron chi connectivity index (χ0n) is 19.2. The second-order valence-electron chi connectivity index (χ2n) is 7.98. The highest BCUT2D eigenvalue weighted by Gasteiger charge is 2.27. The minimum Gasteiger partial charge on any atom is -0.486 e. The molecule has 0 saturated heterocycles. The highest BCUT2D eigenvalue weighted by molar-refractivity contribution is 7.89. The van der Waals surface area contributed by atoms with Crippen molar-refractivity contribution in [2.45, 2.75) is 31.8 Å². The van der Waals surface area contributed by atoms with Gasteiger partial charge in [-0.1, -0.05) is 42.0 Å². The third-order valence-corrected chi connectivity index (χ3v) is 7.24. The van der Waals surface area contributed by atoms with Crippen molar-refractivity contribution >= 4 is 16.0 Å². The first-order chi connectivity index (χ1) is 16.4. The van der Waals surface area contributed by atoms with E-state index in [1.807, 2.05) is 31.2 Å². The number of esters is 1. The number of hydrogen-bond donors (Lipinski definition) is 0. The summed E-state index contributed by atoms with van der Waals surface area (Å²) in [6.45, 7) is 5.15. The molecule has 3 aromatic carbocycles. The number of benzene rings is 3. The van der Waals surface area contributed by atoms with E-state index < -0.39 is 16.0 Å². The maximum atomic E-state index is 13.7. The van der Waals surface area contributed by atoms with Crippen LogP contribution < -0.4 is 9.47 Å². The van der Waals surface area contributed by atoms with Crippen molar-refractivity contribution in [1.82, 2.24) is 4.31 Å². The first-order valence-electron chi connectivity index (χ1n) is 11.1. The third-order valence-electron chi connectivity index (χ3n) is 5.45. The standard InChI is InChI=1S/C26H27NO6S/c1-3-31-26(28)22-10-8-21(9-11-22)18-27(17-20-6-4-19(2)5-7-20)34(29,30)23-12-13-24-25(16-23)33-15-14-32-24/h4-13,16H,3,14-15,17-18H2,1-2H3. The van der Waals surface area contributed by atoms with Crippen LogP contribution in [0.15, 0.2) is 71.6 Å². The van der Waals surface area contributed by atoms with Gasteiger partial charge in [-0.2, -0.15) is 4.31 Å². The second kappa shape index (κ2) is 10.3. The van der Waals surface area contributed by atoms with Gasteiger partial charge in [0.15, 0.2) is 11.5 Å².